The molecule has 0 saturated heterocycles. The van der Waals surface area contributed by atoms with Gasteiger partial charge in [0.05, 0.1) is 11.1 Å². The first-order chi connectivity index (χ1) is 25.3. The molecular weight excluding hydrogens is 848 g/mol. The molecule has 0 amide bonds. The summed E-state index contributed by atoms with van der Waals surface area (Å²) in [4.78, 5) is 10.1. The smallest absolute Gasteiger partial charge is 0.741 e. The van der Waals surface area contributed by atoms with Gasteiger partial charge in [-0.25, -0.2) is 26.8 Å². The van der Waals surface area contributed by atoms with E-state index in [1.807, 2.05) is 60.7 Å². The van der Waals surface area contributed by atoms with Crippen molar-refractivity contribution in [3.63, 3.8) is 0 Å². The van der Waals surface area contributed by atoms with E-state index in [2.05, 4.69) is 64.1 Å². The Hall–Kier alpha value is -4.36. The average molecular weight is 878 g/mol. The zero-order valence-electron chi connectivity index (χ0n) is 29.8. The second-order valence-corrected chi connectivity index (χ2v) is 15.9. The van der Waals surface area contributed by atoms with Crippen molar-refractivity contribution in [1.29, 1.82) is 0 Å². The van der Waals surface area contributed by atoms with Gasteiger partial charge in [0.25, 0.3) is 0 Å². The number of furan rings is 1. The predicted octanol–water partition coefficient (Wildman–Crippen LogP) is 8.28. The van der Waals surface area contributed by atoms with Crippen LogP contribution in [0.2, 0.25) is 0 Å². The molecule has 294 valence electrons. The summed E-state index contributed by atoms with van der Waals surface area (Å²) in [6.07, 6.45) is 0. The summed E-state index contributed by atoms with van der Waals surface area (Å²) < 4.78 is 137. The van der Waals surface area contributed by atoms with Crippen LogP contribution in [-0.2, 0) is 49.2 Å². The van der Waals surface area contributed by atoms with E-state index in [1.54, 1.807) is 0 Å². The van der Waals surface area contributed by atoms with Crippen LogP contribution >= 0.6 is 0 Å². The molecule has 3 heterocycles. The molecule has 0 aliphatic carbocycles. The van der Waals surface area contributed by atoms with Crippen LogP contribution in [0.15, 0.2) is 111 Å². The second-order valence-electron chi connectivity index (χ2n) is 13.2. The Labute approximate surface area is 329 Å². The number of rotatable bonds is 4. The first-order valence-electron chi connectivity index (χ1n) is 15.9. The van der Waals surface area contributed by atoms with Gasteiger partial charge >= 0.3 is 30.5 Å². The van der Waals surface area contributed by atoms with Gasteiger partial charge in [0.1, 0.15) is 34.5 Å². The summed E-state index contributed by atoms with van der Waals surface area (Å²) in [5, 5.41) is 2.02. The number of nitrogens with zero attached hydrogens (tertiary/aromatic N) is 2. The Bertz CT molecular complexity index is 2320. The minimum absolute atomic E-state index is 0. The molecule has 20 heteroatoms. The SMILES string of the molecule is CC1(C)OC(c2cccc3c2oc2c(C4=N[C@H](c5ccccc5)C(C)(C)O4)cccc23)=N[C@@H]1c1ccccc1.O=S(=O)([O-])C(F)(F)F.O=S(=O)([O-])C(F)(F)F.[Zn+2]. The van der Waals surface area contributed by atoms with Crippen LogP contribution in [0, 0.1) is 0 Å². The Balaban J connectivity index is 0.000000347. The summed E-state index contributed by atoms with van der Waals surface area (Å²) in [7, 11) is -12.2. The number of benzene rings is 4. The van der Waals surface area contributed by atoms with E-state index >= 15 is 0 Å². The van der Waals surface area contributed by atoms with Crippen molar-refractivity contribution in [3.05, 3.63) is 119 Å². The topological polar surface area (TPSA) is 171 Å². The van der Waals surface area contributed by atoms with Crippen molar-refractivity contribution in [2.75, 3.05) is 0 Å². The summed E-state index contributed by atoms with van der Waals surface area (Å²) >= 11 is 0. The van der Waals surface area contributed by atoms with Crippen LogP contribution in [0.4, 0.5) is 26.3 Å². The number of fused-ring (bicyclic) bond motifs is 3. The summed E-state index contributed by atoms with van der Waals surface area (Å²) in [6, 6.07) is 32.6. The van der Waals surface area contributed by atoms with E-state index in [0.717, 1.165) is 44.2 Å². The standard InChI is InChI=1S/C34H30N2O3.2CHF3O3S.Zn/c1-33(2)29(21-13-7-5-8-14-21)35-31(38-33)25-19-11-17-23-24-18-12-20-26(28(24)37-27(23)25)32-36-30(34(3,4)39-32)22-15-9-6-10-16-22;2*2-1(3,4)8(5,6)7;/h5-20,29-30H,1-4H3;2*(H,5,6,7);/q;;;+2/p-2/t29-,30-;;;/m1.../s1. The molecule has 0 fully saturated rings. The predicted molar refractivity (Wildman–Crippen MR) is 187 cm³/mol. The van der Waals surface area contributed by atoms with Crippen LogP contribution < -0.4 is 0 Å². The van der Waals surface area contributed by atoms with Crippen LogP contribution in [0.5, 0.6) is 0 Å². The monoisotopic (exact) mass is 876 g/mol. The normalized spacial score (nSPS) is 18.9. The number of ether oxygens (including phenoxy) is 2. The van der Waals surface area contributed by atoms with Gasteiger partial charge in [-0.15, -0.1) is 0 Å². The molecule has 0 unspecified atom stereocenters. The van der Waals surface area contributed by atoms with Gasteiger partial charge in [-0.05, 0) is 51.0 Å². The summed E-state index contributed by atoms with van der Waals surface area (Å²) in [6.45, 7) is 8.33. The van der Waals surface area contributed by atoms with Crippen LogP contribution in [0.1, 0.15) is 62.0 Å². The molecule has 5 aromatic rings. The molecule has 56 heavy (non-hydrogen) atoms. The maximum atomic E-state index is 10.7. The quantitative estimate of drug-likeness (QED) is 0.0746. The van der Waals surface area contributed by atoms with Gasteiger partial charge in [-0.3, -0.25) is 0 Å². The Morgan fingerprint density at radius 1 is 0.554 bits per heavy atom. The van der Waals surface area contributed by atoms with Crippen molar-refractivity contribution < 1.29 is 85.7 Å². The van der Waals surface area contributed by atoms with Crippen molar-refractivity contribution in [3.8, 4) is 0 Å². The Kier molecular flexibility index (Phi) is 12.6. The third-order valence-electron chi connectivity index (χ3n) is 8.31. The minimum Gasteiger partial charge on any atom is -0.741 e. The third-order valence-corrected chi connectivity index (χ3v) is 9.45. The molecule has 4 aromatic carbocycles. The summed E-state index contributed by atoms with van der Waals surface area (Å²) in [5.74, 6) is 1.19. The molecule has 2 aliphatic rings. The van der Waals surface area contributed by atoms with Gasteiger partial charge < -0.3 is 23.0 Å². The van der Waals surface area contributed by atoms with Crippen molar-refractivity contribution in [2.45, 2.75) is 62.0 Å². The number of aliphatic imine (C=N–C) groups is 2. The van der Waals surface area contributed by atoms with E-state index in [9.17, 15) is 26.3 Å². The molecule has 2 aliphatic heterocycles. The Morgan fingerprint density at radius 3 is 1.14 bits per heavy atom. The number of hydrogen-bond donors (Lipinski definition) is 0. The fourth-order valence-corrected chi connectivity index (χ4v) is 5.84. The number of halogens is 6. The van der Waals surface area contributed by atoms with Crippen molar-refractivity contribution in [1.82, 2.24) is 0 Å². The molecule has 7 rings (SSSR count). The molecule has 0 N–H and O–H groups in total. The molecule has 0 saturated carbocycles. The molecular formula is C36H30F6N2O9S2Zn. The maximum absolute atomic E-state index is 10.7. The van der Waals surface area contributed by atoms with Gasteiger partial charge in [0.15, 0.2) is 20.2 Å². The fourth-order valence-electron chi connectivity index (χ4n) is 5.84. The minimum atomic E-state index is -6.09. The largest absolute Gasteiger partial charge is 2.00 e. The molecule has 0 spiro atoms. The average Bonchev–Trinajstić information content (AvgIpc) is 3.73. The molecule has 0 bridgehead atoms. The molecule has 1 aromatic heterocycles. The number of hydrogen-bond acceptors (Lipinski definition) is 11. The van der Waals surface area contributed by atoms with Gasteiger partial charge in [0.2, 0.25) is 11.8 Å². The van der Waals surface area contributed by atoms with E-state index < -0.39 is 42.5 Å². The van der Waals surface area contributed by atoms with Crippen LogP contribution in [-0.4, -0.2) is 60.0 Å². The zero-order chi connectivity index (χ0) is 40.8. The van der Waals surface area contributed by atoms with Gasteiger partial charge in [0, 0.05) is 10.8 Å². The summed E-state index contributed by atoms with van der Waals surface area (Å²) in [5.41, 5.74) is -6.81. The maximum Gasteiger partial charge on any atom is 2.00 e. The van der Waals surface area contributed by atoms with Gasteiger partial charge in [-0.1, -0.05) is 84.9 Å². The molecule has 2 atom stereocenters. The van der Waals surface area contributed by atoms with Crippen molar-refractivity contribution in [2.24, 2.45) is 9.98 Å². The third kappa shape index (κ3) is 9.42. The van der Waals surface area contributed by atoms with E-state index in [-0.39, 0.29) is 31.6 Å². The second kappa shape index (κ2) is 15.9. The van der Waals surface area contributed by atoms with E-state index in [4.69, 9.17) is 49.8 Å². The Morgan fingerprint density at radius 2 is 0.857 bits per heavy atom. The number of alkyl halides is 6. The van der Waals surface area contributed by atoms with E-state index in [0.29, 0.717) is 11.8 Å². The van der Waals surface area contributed by atoms with E-state index in [1.165, 1.54) is 0 Å². The van der Waals surface area contributed by atoms with Crippen LogP contribution in [0.3, 0.4) is 0 Å². The van der Waals surface area contributed by atoms with Gasteiger partial charge in [-0.2, -0.15) is 26.3 Å². The van der Waals surface area contributed by atoms with Crippen molar-refractivity contribution >= 4 is 54.0 Å². The zero-order valence-corrected chi connectivity index (χ0v) is 34.4. The molecule has 0 radical (unpaired) electrons. The first kappa shape index (κ1) is 44.4. The first-order valence-corrected chi connectivity index (χ1v) is 18.8. The number of para-hydroxylation sites is 2. The van der Waals surface area contributed by atoms with Crippen LogP contribution in [0.25, 0.3) is 21.9 Å². The molecule has 11 nitrogen and oxygen atoms in total. The fraction of sp³-hybridized carbons (Fsp3) is 0.278.